The molecule has 0 spiro atoms. The number of nitrogens with one attached hydrogen (secondary N) is 2. The monoisotopic (exact) mass is 401 g/mol. The van der Waals surface area contributed by atoms with Crippen LogP contribution in [0.5, 0.6) is 0 Å². The second-order valence-corrected chi connectivity index (χ2v) is 7.67. The molecule has 0 aliphatic carbocycles. The van der Waals surface area contributed by atoms with Crippen LogP contribution in [0, 0.1) is 13.8 Å². The lowest BCUT2D eigenvalue weighted by atomic mass is 10.2. The van der Waals surface area contributed by atoms with Gasteiger partial charge in [-0.3, -0.25) is 14.9 Å². The van der Waals surface area contributed by atoms with Crippen molar-refractivity contribution in [2.45, 2.75) is 53.3 Å². The van der Waals surface area contributed by atoms with Crippen LogP contribution in [0.2, 0.25) is 0 Å². The third-order valence-electron chi connectivity index (χ3n) is 4.02. The van der Waals surface area contributed by atoms with Crippen LogP contribution < -0.4 is 21.9 Å². The van der Waals surface area contributed by atoms with Gasteiger partial charge in [0.25, 0.3) is 5.56 Å². The molecular weight excluding hydrogens is 374 g/mol. The number of rotatable bonds is 5. The molecule has 9 nitrogen and oxygen atoms in total. The molecule has 2 heterocycles. The van der Waals surface area contributed by atoms with Gasteiger partial charge in [-0.15, -0.1) is 0 Å². The van der Waals surface area contributed by atoms with Crippen molar-refractivity contribution in [3.63, 3.8) is 0 Å². The number of hydrogen-bond acceptors (Lipinski definition) is 6. The molecule has 0 aliphatic rings. The van der Waals surface area contributed by atoms with Crippen molar-refractivity contribution in [1.29, 1.82) is 0 Å². The number of aryl methyl sites for hydroxylation is 2. The first-order chi connectivity index (χ1) is 13.5. The SMILES string of the molecule is Cc1nc(NC(=O)OC(C)(C)C)ccc1CNC(=O)Cn1c(C)ccc(N)c1=O. The van der Waals surface area contributed by atoms with E-state index in [0.717, 1.165) is 5.56 Å². The lowest BCUT2D eigenvalue weighted by Crippen LogP contribution is -2.34. The minimum atomic E-state index is -0.604. The topological polar surface area (TPSA) is 128 Å². The van der Waals surface area contributed by atoms with E-state index in [1.165, 1.54) is 10.6 Å². The average Bonchev–Trinajstić information content (AvgIpc) is 2.59. The Hall–Kier alpha value is -3.36. The zero-order chi connectivity index (χ0) is 21.8. The van der Waals surface area contributed by atoms with E-state index in [-0.39, 0.29) is 24.7 Å². The summed E-state index contributed by atoms with van der Waals surface area (Å²) in [7, 11) is 0. The summed E-state index contributed by atoms with van der Waals surface area (Å²) < 4.78 is 6.51. The second-order valence-electron chi connectivity index (χ2n) is 7.67. The maximum atomic E-state index is 12.3. The molecule has 0 saturated carbocycles. The van der Waals surface area contributed by atoms with Gasteiger partial charge in [-0.1, -0.05) is 6.07 Å². The van der Waals surface area contributed by atoms with Crippen molar-refractivity contribution in [3.8, 4) is 0 Å². The summed E-state index contributed by atoms with van der Waals surface area (Å²) in [6, 6.07) is 6.60. The maximum absolute atomic E-state index is 12.3. The molecule has 4 N–H and O–H groups in total. The van der Waals surface area contributed by atoms with Crippen LogP contribution in [0.15, 0.2) is 29.1 Å². The normalized spacial score (nSPS) is 11.1. The van der Waals surface area contributed by atoms with Gasteiger partial charge in [-0.2, -0.15) is 0 Å². The zero-order valence-corrected chi connectivity index (χ0v) is 17.3. The van der Waals surface area contributed by atoms with Crippen LogP contribution >= 0.6 is 0 Å². The first-order valence-electron chi connectivity index (χ1n) is 9.15. The van der Waals surface area contributed by atoms with E-state index in [0.29, 0.717) is 17.2 Å². The maximum Gasteiger partial charge on any atom is 0.413 e. The number of hydrogen-bond donors (Lipinski definition) is 3. The number of carbonyl (C=O) groups excluding carboxylic acids is 2. The Morgan fingerprint density at radius 1 is 1.17 bits per heavy atom. The first kappa shape index (κ1) is 21.9. The highest BCUT2D eigenvalue weighted by Gasteiger charge is 2.17. The van der Waals surface area contributed by atoms with Crippen molar-refractivity contribution in [3.05, 3.63) is 51.6 Å². The van der Waals surface area contributed by atoms with Crippen LogP contribution in [0.4, 0.5) is 16.3 Å². The van der Waals surface area contributed by atoms with E-state index in [2.05, 4.69) is 15.6 Å². The predicted molar refractivity (Wildman–Crippen MR) is 111 cm³/mol. The molecule has 29 heavy (non-hydrogen) atoms. The lowest BCUT2D eigenvalue weighted by molar-refractivity contribution is -0.121. The van der Waals surface area contributed by atoms with Gasteiger partial charge in [0.15, 0.2) is 0 Å². The molecular formula is C20H27N5O4. The average molecular weight is 401 g/mol. The summed E-state index contributed by atoms with van der Waals surface area (Å²) in [5, 5.41) is 5.33. The van der Waals surface area contributed by atoms with Gasteiger partial charge in [0, 0.05) is 17.9 Å². The molecule has 0 saturated heterocycles. The molecule has 0 atom stereocenters. The quantitative estimate of drug-likeness (QED) is 0.704. The molecule has 156 valence electrons. The molecule has 0 aromatic carbocycles. The fourth-order valence-electron chi connectivity index (χ4n) is 2.53. The van der Waals surface area contributed by atoms with Crippen molar-refractivity contribution in [2.75, 3.05) is 11.1 Å². The van der Waals surface area contributed by atoms with Gasteiger partial charge in [-0.25, -0.2) is 9.78 Å². The number of ether oxygens (including phenoxy) is 1. The Labute approximate surface area is 169 Å². The smallest absolute Gasteiger partial charge is 0.413 e. The van der Waals surface area contributed by atoms with Crippen LogP contribution in [0.1, 0.15) is 37.7 Å². The number of nitrogens with zero attached hydrogens (tertiary/aromatic N) is 2. The number of pyridine rings is 2. The van der Waals surface area contributed by atoms with Crippen molar-refractivity contribution < 1.29 is 14.3 Å². The standard InChI is InChI=1S/C20H27N5O4/c1-12-6-8-15(21)18(27)25(12)11-17(26)22-10-14-7-9-16(23-13(14)2)24-19(28)29-20(3,4)5/h6-9H,10-11,21H2,1-5H3,(H,22,26)(H,23,24,28). The van der Waals surface area contributed by atoms with Crippen LogP contribution in [-0.4, -0.2) is 27.2 Å². The van der Waals surface area contributed by atoms with Crippen molar-refractivity contribution in [1.82, 2.24) is 14.9 Å². The molecule has 2 rings (SSSR count). The number of aromatic nitrogens is 2. The van der Waals surface area contributed by atoms with E-state index < -0.39 is 17.3 Å². The van der Waals surface area contributed by atoms with Crippen LogP contribution in [-0.2, 0) is 22.6 Å². The molecule has 0 radical (unpaired) electrons. The zero-order valence-electron chi connectivity index (χ0n) is 17.3. The molecule has 9 heteroatoms. The number of carbonyl (C=O) groups is 2. The Kier molecular flexibility index (Phi) is 6.63. The van der Waals surface area contributed by atoms with Crippen LogP contribution in [0.25, 0.3) is 0 Å². The molecule has 0 unspecified atom stereocenters. The van der Waals surface area contributed by atoms with Gasteiger partial charge in [0.2, 0.25) is 5.91 Å². The Bertz CT molecular complexity index is 976. The molecule has 0 aliphatic heterocycles. The van der Waals surface area contributed by atoms with E-state index >= 15 is 0 Å². The minimum absolute atomic E-state index is 0.0940. The number of nitrogen functional groups attached to an aromatic ring is 1. The lowest BCUT2D eigenvalue weighted by Gasteiger charge is -2.19. The fourth-order valence-corrected chi connectivity index (χ4v) is 2.53. The van der Waals surface area contributed by atoms with E-state index in [9.17, 15) is 14.4 Å². The first-order valence-corrected chi connectivity index (χ1v) is 9.15. The summed E-state index contributed by atoms with van der Waals surface area (Å²) in [6.07, 6.45) is -0.589. The van der Waals surface area contributed by atoms with Gasteiger partial charge in [0.1, 0.15) is 18.0 Å². The highest BCUT2D eigenvalue weighted by atomic mass is 16.6. The summed E-state index contributed by atoms with van der Waals surface area (Å²) in [5.74, 6) is 0.0323. The largest absolute Gasteiger partial charge is 0.444 e. The van der Waals surface area contributed by atoms with E-state index in [4.69, 9.17) is 10.5 Å². The fraction of sp³-hybridized carbons (Fsp3) is 0.400. The predicted octanol–water partition coefficient (Wildman–Crippen LogP) is 2.11. The third kappa shape index (κ3) is 6.34. The Morgan fingerprint density at radius 3 is 2.48 bits per heavy atom. The molecule has 2 aromatic rings. The molecule has 2 aromatic heterocycles. The minimum Gasteiger partial charge on any atom is -0.444 e. The van der Waals surface area contributed by atoms with Crippen molar-refractivity contribution in [2.24, 2.45) is 0 Å². The van der Waals surface area contributed by atoms with Gasteiger partial charge >= 0.3 is 6.09 Å². The Balaban J connectivity index is 1.97. The Morgan fingerprint density at radius 2 is 1.86 bits per heavy atom. The van der Waals surface area contributed by atoms with Gasteiger partial charge < -0.3 is 20.4 Å². The third-order valence-corrected chi connectivity index (χ3v) is 4.02. The second kappa shape index (κ2) is 8.76. The van der Waals surface area contributed by atoms with E-state index in [1.807, 2.05) is 0 Å². The van der Waals surface area contributed by atoms with Crippen molar-refractivity contribution >= 4 is 23.5 Å². The summed E-state index contributed by atoms with van der Waals surface area (Å²) in [4.78, 5) is 40.5. The summed E-state index contributed by atoms with van der Waals surface area (Å²) in [6.45, 7) is 8.94. The van der Waals surface area contributed by atoms with Gasteiger partial charge in [0.05, 0.1) is 5.69 Å². The van der Waals surface area contributed by atoms with Crippen LogP contribution in [0.3, 0.4) is 0 Å². The highest BCUT2D eigenvalue weighted by molar-refractivity contribution is 5.83. The van der Waals surface area contributed by atoms with Gasteiger partial charge in [-0.05, 0) is 58.4 Å². The molecule has 0 fully saturated rings. The number of nitrogens with two attached hydrogens (primary N) is 1. The molecule has 0 bridgehead atoms. The number of anilines is 2. The number of amides is 2. The highest BCUT2D eigenvalue weighted by Crippen LogP contribution is 2.13. The summed E-state index contributed by atoms with van der Waals surface area (Å²) in [5.41, 5.74) is 6.80. The summed E-state index contributed by atoms with van der Waals surface area (Å²) >= 11 is 0. The van der Waals surface area contributed by atoms with E-state index in [1.54, 1.807) is 52.8 Å². The molecule has 2 amide bonds.